The number of anilines is 2. The Morgan fingerprint density at radius 3 is 2.62 bits per heavy atom. The monoisotopic (exact) mass is 459 g/mol. The van der Waals surface area contributed by atoms with Crippen molar-refractivity contribution in [2.45, 2.75) is 26.9 Å². The number of methoxy groups -OCH3 is 1. The normalized spacial score (nSPS) is 12.7. The molecule has 3 aromatic carbocycles. The third-order valence-electron chi connectivity index (χ3n) is 5.78. The third-order valence-corrected chi connectivity index (χ3v) is 5.78. The van der Waals surface area contributed by atoms with Gasteiger partial charge in [-0.25, -0.2) is 4.79 Å². The van der Waals surface area contributed by atoms with E-state index in [9.17, 15) is 9.59 Å². The van der Waals surface area contributed by atoms with Crippen molar-refractivity contribution >= 4 is 23.3 Å². The van der Waals surface area contributed by atoms with Gasteiger partial charge in [-0.1, -0.05) is 29.8 Å². The van der Waals surface area contributed by atoms with Crippen LogP contribution < -0.4 is 19.7 Å². The summed E-state index contributed by atoms with van der Waals surface area (Å²) in [7, 11) is 1.59. The van der Waals surface area contributed by atoms with Gasteiger partial charge in [-0.2, -0.15) is 0 Å². The van der Waals surface area contributed by atoms with Gasteiger partial charge in [0.05, 0.1) is 26.7 Å². The molecular weight excluding hydrogens is 430 g/mol. The number of aryl methyl sites for hydroxylation is 1. The molecular formula is C27H29N3O4. The van der Waals surface area contributed by atoms with Crippen LogP contribution in [0.2, 0.25) is 0 Å². The van der Waals surface area contributed by atoms with Crippen LogP contribution in [0.15, 0.2) is 66.7 Å². The van der Waals surface area contributed by atoms with Crippen LogP contribution in [0.25, 0.3) is 0 Å². The molecule has 0 fully saturated rings. The fraction of sp³-hybridized carbons (Fsp3) is 0.259. The van der Waals surface area contributed by atoms with Crippen molar-refractivity contribution in [3.63, 3.8) is 0 Å². The van der Waals surface area contributed by atoms with Gasteiger partial charge >= 0.3 is 6.03 Å². The highest BCUT2D eigenvalue weighted by Gasteiger charge is 2.21. The predicted molar refractivity (Wildman–Crippen MR) is 132 cm³/mol. The first kappa shape index (κ1) is 23.2. The van der Waals surface area contributed by atoms with Crippen LogP contribution in [0, 0.1) is 6.92 Å². The number of carbonyl (C=O) groups excluding carboxylic acids is 2. The summed E-state index contributed by atoms with van der Waals surface area (Å²) >= 11 is 0. The van der Waals surface area contributed by atoms with E-state index in [2.05, 4.69) is 5.32 Å². The molecule has 0 radical (unpaired) electrons. The van der Waals surface area contributed by atoms with Crippen molar-refractivity contribution < 1.29 is 19.1 Å². The number of benzene rings is 3. The zero-order chi connectivity index (χ0) is 24.1. The molecule has 0 atom stereocenters. The van der Waals surface area contributed by atoms with E-state index in [4.69, 9.17) is 9.47 Å². The highest BCUT2D eigenvalue weighted by atomic mass is 16.5. The number of fused-ring (bicyclic) bond motifs is 1. The second-order valence-corrected chi connectivity index (χ2v) is 8.31. The summed E-state index contributed by atoms with van der Waals surface area (Å²) in [5.41, 5.74) is 4.53. The molecule has 176 valence electrons. The number of nitrogens with one attached hydrogen (secondary N) is 1. The second kappa shape index (κ2) is 10.3. The molecule has 0 spiro atoms. The average Bonchev–Trinajstić information content (AvgIpc) is 3.05. The topological polar surface area (TPSA) is 71.1 Å². The Balaban J connectivity index is 1.51. The minimum Gasteiger partial charge on any atom is -0.497 e. The van der Waals surface area contributed by atoms with Crippen molar-refractivity contribution in [3.8, 4) is 11.5 Å². The summed E-state index contributed by atoms with van der Waals surface area (Å²) in [6.45, 7) is 5.29. The van der Waals surface area contributed by atoms with Gasteiger partial charge < -0.3 is 24.6 Å². The molecule has 3 aromatic rings. The maximum atomic E-state index is 13.0. The number of carbonyl (C=O) groups is 2. The molecule has 3 amide bonds. The highest BCUT2D eigenvalue weighted by Crippen LogP contribution is 2.27. The molecule has 0 aliphatic carbocycles. The van der Waals surface area contributed by atoms with Gasteiger partial charge in [-0.15, -0.1) is 0 Å². The molecule has 1 aliphatic heterocycles. The van der Waals surface area contributed by atoms with E-state index >= 15 is 0 Å². The standard InChI is InChI=1S/C27H29N3O4/c1-19-7-10-24(11-8-19)30(20(2)31)17-21-9-12-26-22(15-21)18-29(13-14-34-26)27(32)28-23-5-4-6-25(16-23)33-3/h4-12,15-16H,13-14,17-18H2,1-3H3,(H,28,32). The van der Waals surface area contributed by atoms with Crippen LogP contribution in [0.4, 0.5) is 16.2 Å². The van der Waals surface area contributed by atoms with E-state index in [0.717, 1.165) is 28.1 Å². The van der Waals surface area contributed by atoms with E-state index in [-0.39, 0.29) is 11.9 Å². The average molecular weight is 460 g/mol. The van der Waals surface area contributed by atoms with Crippen LogP contribution in [-0.2, 0) is 17.9 Å². The molecule has 0 bridgehead atoms. The largest absolute Gasteiger partial charge is 0.497 e. The number of ether oxygens (including phenoxy) is 2. The van der Waals surface area contributed by atoms with Crippen LogP contribution in [0.3, 0.4) is 0 Å². The van der Waals surface area contributed by atoms with E-state index in [1.54, 1.807) is 29.9 Å². The van der Waals surface area contributed by atoms with Crippen molar-refractivity contribution in [2.24, 2.45) is 0 Å². The zero-order valence-electron chi connectivity index (χ0n) is 19.7. The predicted octanol–water partition coefficient (Wildman–Crippen LogP) is 4.98. The van der Waals surface area contributed by atoms with E-state index in [1.807, 2.05) is 67.6 Å². The maximum absolute atomic E-state index is 13.0. The first-order valence-electron chi connectivity index (χ1n) is 11.2. The first-order chi connectivity index (χ1) is 16.4. The maximum Gasteiger partial charge on any atom is 0.322 e. The Morgan fingerprint density at radius 1 is 1.09 bits per heavy atom. The molecule has 0 aromatic heterocycles. The number of amides is 3. The summed E-state index contributed by atoms with van der Waals surface area (Å²) in [5, 5.41) is 2.93. The van der Waals surface area contributed by atoms with Gasteiger partial charge in [0.1, 0.15) is 18.1 Å². The molecule has 7 nitrogen and oxygen atoms in total. The fourth-order valence-electron chi connectivity index (χ4n) is 3.91. The molecule has 1 N–H and O–H groups in total. The van der Waals surface area contributed by atoms with Gasteiger partial charge in [0.15, 0.2) is 0 Å². The summed E-state index contributed by atoms with van der Waals surface area (Å²) in [4.78, 5) is 28.8. The SMILES string of the molecule is COc1cccc(NC(=O)N2CCOc3ccc(CN(C(C)=O)c4ccc(C)cc4)cc3C2)c1. The number of nitrogens with zero attached hydrogens (tertiary/aromatic N) is 2. The third kappa shape index (κ3) is 5.49. The summed E-state index contributed by atoms with van der Waals surface area (Å²) in [6, 6.07) is 20.8. The molecule has 0 unspecified atom stereocenters. The van der Waals surface area contributed by atoms with Crippen LogP contribution in [0.1, 0.15) is 23.6 Å². The first-order valence-corrected chi connectivity index (χ1v) is 11.2. The number of urea groups is 1. The minimum absolute atomic E-state index is 0.0330. The number of rotatable bonds is 5. The molecule has 34 heavy (non-hydrogen) atoms. The van der Waals surface area contributed by atoms with Crippen LogP contribution in [0.5, 0.6) is 11.5 Å². The fourth-order valence-corrected chi connectivity index (χ4v) is 3.91. The number of hydrogen-bond acceptors (Lipinski definition) is 4. The van der Waals surface area contributed by atoms with Gasteiger partial charge in [-0.3, -0.25) is 4.79 Å². The quantitative estimate of drug-likeness (QED) is 0.584. The van der Waals surface area contributed by atoms with Gasteiger partial charge in [0.25, 0.3) is 0 Å². The lowest BCUT2D eigenvalue weighted by molar-refractivity contribution is -0.116. The lowest BCUT2D eigenvalue weighted by atomic mass is 10.1. The van der Waals surface area contributed by atoms with Crippen molar-refractivity contribution in [2.75, 3.05) is 30.5 Å². The van der Waals surface area contributed by atoms with E-state index in [1.165, 1.54) is 0 Å². The van der Waals surface area contributed by atoms with Crippen molar-refractivity contribution in [1.82, 2.24) is 4.90 Å². The molecule has 0 saturated heterocycles. The summed E-state index contributed by atoms with van der Waals surface area (Å²) < 4.78 is 11.1. The number of hydrogen-bond donors (Lipinski definition) is 1. The lowest BCUT2D eigenvalue weighted by Crippen LogP contribution is -2.36. The molecule has 1 heterocycles. The Labute approximate surface area is 199 Å². The van der Waals surface area contributed by atoms with Gasteiger partial charge in [0.2, 0.25) is 5.91 Å². The Morgan fingerprint density at radius 2 is 1.88 bits per heavy atom. The summed E-state index contributed by atoms with van der Waals surface area (Å²) in [5.74, 6) is 1.40. The van der Waals surface area contributed by atoms with E-state index in [0.29, 0.717) is 37.7 Å². The molecule has 0 saturated carbocycles. The molecule has 7 heteroatoms. The Hall–Kier alpha value is -4.00. The van der Waals surface area contributed by atoms with Crippen molar-refractivity contribution in [1.29, 1.82) is 0 Å². The minimum atomic E-state index is -0.208. The Bertz CT molecular complexity index is 1180. The molecule has 4 rings (SSSR count). The zero-order valence-corrected chi connectivity index (χ0v) is 19.7. The van der Waals surface area contributed by atoms with Crippen molar-refractivity contribution in [3.05, 3.63) is 83.4 Å². The second-order valence-electron chi connectivity index (χ2n) is 8.31. The van der Waals surface area contributed by atoms with E-state index < -0.39 is 0 Å². The summed E-state index contributed by atoms with van der Waals surface area (Å²) in [6.07, 6.45) is 0. The van der Waals surface area contributed by atoms with Crippen LogP contribution >= 0.6 is 0 Å². The van der Waals surface area contributed by atoms with Crippen LogP contribution in [-0.4, -0.2) is 37.1 Å². The molecule has 1 aliphatic rings. The Kier molecular flexibility index (Phi) is 7.01. The van der Waals surface area contributed by atoms with Gasteiger partial charge in [0, 0.05) is 29.9 Å². The lowest BCUT2D eigenvalue weighted by Gasteiger charge is -2.23. The van der Waals surface area contributed by atoms with Gasteiger partial charge in [-0.05, 0) is 48.9 Å². The highest BCUT2D eigenvalue weighted by molar-refractivity contribution is 5.91. The smallest absolute Gasteiger partial charge is 0.322 e.